The van der Waals surface area contributed by atoms with E-state index in [9.17, 15) is 9.59 Å². The zero-order chi connectivity index (χ0) is 12.7. The van der Waals surface area contributed by atoms with Crippen LogP contribution in [-0.2, 0) is 11.3 Å². The standard InChI is InChI=1S/C10H16N4O3/c1-17-9(15)7-2-3-13-8(7)6-12-4-5-14-10(11)16/h2-3,12-13H,4-6H2,1H3,(H3,11,14,16). The molecule has 0 saturated carbocycles. The van der Waals surface area contributed by atoms with Gasteiger partial charge in [-0.25, -0.2) is 9.59 Å². The maximum Gasteiger partial charge on any atom is 0.339 e. The summed E-state index contributed by atoms with van der Waals surface area (Å²) in [4.78, 5) is 24.7. The Labute approximate surface area is 98.7 Å². The molecule has 0 bridgehead atoms. The van der Waals surface area contributed by atoms with E-state index in [1.165, 1.54) is 7.11 Å². The predicted octanol–water partition coefficient (Wildman–Crippen LogP) is -0.441. The van der Waals surface area contributed by atoms with Crippen LogP contribution in [0, 0.1) is 0 Å². The molecule has 0 aliphatic rings. The van der Waals surface area contributed by atoms with Gasteiger partial charge in [0.25, 0.3) is 0 Å². The molecule has 17 heavy (non-hydrogen) atoms. The van der Waals surface area contributed by atoms with Crippen molar-refractivity contribution >= 4 is 12.0 Å². The third kappa shape index (κ3) is 4.15. The van der Waals surface area contributed by atoms with Gasteiger partial charge < -0.3 is 26.1 Å². The molecule has 0 spiro atoms. The van der Waals surface area contributed by atoms with Crippen LogP contribution in [0.3, 0.4) is 0 Å². The number of nitrogens with one attached hydrogen (secondary N) is 3. The molecule has 1 aromatic heterocycles. The van der Waals surface area contributed by atoms with Gasteiger partial charge in [0.2, 0.25) is 0 Å². The van der Waals surface area contributed by atoms with E-state index in [2.05, 4.69) is 20.4 Å². The third-order valence-corrected chi connectivity index (χ3v) is 2.14. The maximum atomic E-state index is 11.3. The van der Waals surface area contributed by atoms with E-state index in [0.29, 0.717) is 25.2 Å². The van der Waals surface area contributed by atoms with Crippen molar-refractivity contribution in [2.24, 2.45) is 5.73 Å². The van der Waals surface area contributed by atoms with E-state index in [1.807, 2.05) is 0 Å². The van der Waals surface area contributed by atoms with Crippen LogP contribution in [0.1, 0.15) is 16.1 Å². The fraction of sp³-hybridized carbons (Fsp3) is 0.400. The summed E-state index contributed by atoms with van der Waals surface area (Å²) in [7, 11) is 1.34. The van der Waals surface area contributed by atoms with Crippen molar-refractivity contribution in [1.82, 2.24) is 15.6 Å². The first-order valence-electron chi connectivity index (χ1n) is 5.13. The number of carbonyl (C=O) groups is 2. The molecule has 0 atom stereocenters. The highest BCUT2D eigenvalue weighted by atomic mass is 16.5. The zero-order valence-corrected chi connectivity index (χ0v) is 9.58. The highest BCUT2D eigenvalue weighted by molar-refractivity contribution is 5.90. The summed E-state index contributed by atoms with van der Waals surface area (Å²) in [5, 5.41) is 5.50. The first-order chi connectivity index (χ1) is 8.15. The van der Waals surface area contributed by atoms with Crippen LogP contribution in [0.25, 0.3) is 0 Å². The van der Waals surface area contributed by atoms with E-state index >= 15 is 0 Å². The van der Waals surface area contributed by atoms with Gasteiger partial charge in [0.15, 0.2) is 0 Å². The fourth-order valence-electron chi connectivity index (χ4n) is 1.34. The molecular formula is C10H16N4O3. The van der Waals surface area contributed by atoms with Gasteiger partial charge in [0.1, 0.15) is 0 Å². The SMILES string of the molecule is COC(=O)c1cc[nH]c1CNCCNC(N)=O. The van der Waals surface area contributed by atoms with Crippen LogP contribution in [0.5, 0.6) is 0 Å². The number of aromatic nitrogens is 1. The van der Waals surface area contributed by atoms with E-state index in [-0.39, 0.29) is 5.97 Å². The number of urea groups is 1. The maximum absolute atomic E-state index is 11.3. The van der Waals surface area contributed by atoms with Crippen molar-refractivity contribution in [2.75, 3.05) is 20.2 Å². The lowest BCUT2D eigenvalue weighted by atomic mass is 10.2. The van der Waals surface area contributed by atoms with Gasteiger partial charge >= 0.3 is 12.0 Å². The molecule has 0 unspecified atom stereocenters. The molecule has 2 amide bonds. The van der Waals surface area contributed by atoms with Crippen LogP contribution in [0.4, 0.5) is 4.79 Å². The Morgan fingerprint density at radius 2 is 2.24 bits per heavy atom. The van der Waals surface area contributed by atoms with Crippen molar-refractivity contribution in [3.05, 3.63) is 23.5 Å². The first-order valence-corrected chi connectivity index (χ1v) is 5.13. The van der Waals surface area contributed by atoms with Gasteiger partial charge in [0, 0.05) is 31.5 Å². The van der Waals surface area contributed by atoms with Crippen LogP contribution in [0.15, 0.2) is 12.3 Å². The molecular weight excluding hydrogens is 224 g/mol. The van der Waals surface area contributed by atoms with Gasteiger partial charge in [-0.1, -0.05) is 0 Å². The Hall–Kier alpha value is -2.02. The van der Waals surface area contributed by atoms with Gasteiger partial charge in [-0.2, -0.15) is 0 Å². The molecule has 1 aromatic rings. The Kier molecular flexibility index (Phi) is 5.02. The molecule has 1 heterocycles. The lowest BCUT2D eigenvalue weighted by Gasteiger charge is -2.05. The Morgan fingerprint density at radius 3 is 2.88 bits per heavy atom. The van der Waals surface area contributed by atoms with Crippen molar-refractivity contribution in [3.8, 4) is 0 Å². The second-order valence-electron chi connectivity index (χ2n) is 3.33. The van der Waals surface area contributed by atoms with Crippen LogP contribution < -0.4 is 16.4 Å². The Bertz CT molecular complexity index is 389. The number of hydrogen-bond acceptors (Lipinski definition) is 4. The number of rotatable bonds is 6. The van der Waals surface area contributed by atoms with Gasteiger partial charge in [-0.3, -0.25) is 0 Å². The normalized spacial score (nSPS) is 9.94. The number of carbonyl (C=O) groups excluding carboxylic acids is 2. The second kappa shape index (κ2) is 6.54. The highest BCUT2D eigenvalue weighted by Crippen LogP contribution is 2.07. The van der Waals surface area contributed by atoms with E-state index in [1.54, 1.807) is 12.3 Å². The molecule has 5 N–H and O–H groups in total. The van der Waals surface area contributed by atoms with Gasteiger partial charge in [0.05, 0.1) is 12.7 Å². The molecule has 7 nitrogen and oxygen atoms in total. The number of H-pyrrole nitrogens is 1. The van der Waals surface area contributed by atoms with Crippen molar-refractivity contribution in [3.63, 3.8) is 0 Å². The van der Waals surface area contributed by atoms with E-state index in [4.69, 9.17) is 5.73 Å². The fourth-order valence-corrected chi connectivity index (χ4v) is 1.34. The molecule has 0 aliphatic carbocycles. The summed E-state index contributed by atoms with van der Waals surface area (Å²) in [6.45, 7) is 1.48. The van der Waals surface area contributed by atoms with E-state index in [0.717, 1.165) is 5.69 Å². The minimum absolute atomic E-state index is 0.377. The number of amides is 2. The average Bonchev–Trinajstić information content (AvgIpc) is 2.75. The van der Waals surface area contributed by atoms with Crippen molar-refractivity contribution in [2.45, 2.75) is 6.54 Å². The largest absolute Gasteiger partial charge is 0.465 e. The molecule has 94 valence electrons. The first kappa shape index (κ1) is 13.0. The summed E-state index contributed by atoms with van der Waals surface area (Å²) < 4.78 is 4.63. The molecule has 0 saturated heterocycles. The summed E-state index contributed by atoms with van der Waals surface area (Å²) in [5.74, 6) is -0.377. The number of methoxy groups -OCH3 is 1. The number of nitrogens with two attached hydrogens (primary N) is 1. The van der Waals surface area contributed by atoms with Gasteiger partial charge in [-0.15, -0.1) is 0 Å². The van der Waals surface area contributed by atoms with Crippen LogP contribution >= 0.6 is 0 Å². The average molecular weight is 240 g/mol. The number of hydrogen-bond donors (Lipinski definition) is 4. The topological polar surface area (TPSA) is 109 Å². The molecule has 0 aliphatic heterocycles. The van der Waals surface area contributed by atoms with Crippen LogP contribution in [0.2, 0.25) is 0 Å². The molecule has 0 fully saturated rings. The Balaban J connectivity index is 2.34. The molecule has 1 rings (SSSR count). The molecule has 0 radical (unpaired) electrons. The number of aromatic amines is 1. The Morgan fingerprint density at radius 1 is 1.47 bits per heavy atom. The second-order valence-corrected chi connectivity index (χ2v) is 3.33. The summed E-state index contributed by atoms with van der Waals surface area (Å²) in [5.41, 5.74) is 6.15. The minimum Gasteiger partial charge on any atom is -0.465 e. The quantitative estimate of drug-likeness (QED) is 0.399. The summed E-state index contributed by atoms with van der Waals surface area (Å²) in [6.07, 6.45) is 1.67. The zero-order valence-electron chi connectivity index (χ0n) is 9.58. The number of esters is 1. The molecule has 7 heteroatoms. The van der Waals surface area contributed by atoms with Gasteiger partial charge in [-0.05, 0) is 6.07 Å². The predicted molar refractivity (Wildman–Crippen MR) is 61.4 cm³/mol. The van der Waals surface area contributed by atoms with E-state index < -0.39 is 6.03 Å². The number of primary amides is 1. The summed E-state index contributed by atoms with van der Waals surface area (Å²) in [6, 6.07) is 1.10. The highest BCUT2D eigenvalue weighted by Gasteiger charge is 2.11. The number of ether oxygens (including phenoxy) is 1. The minimum atomic E-state index is -0.554. The monoisotopic (exact) mass is 240 g/mol. The molecule has 0 aromatic carbocycles. The smallest absolute Gasteiger partial charge is 0.339 e. The lowest BCUT2D eigenvalue weighted by molar-refractivity contribution is 0.0599. The van der Waals surface area contributed by atoms with Crippen LogP contribution in [-0.4, -0.2) is 37.2 Å². The lowest BCUT2D eigenvalue weighted by Crippen LogP contribution is -2.35. The third-order valence-electron chi connectivity index (χ3n) is 2.14. The van der Waals surface area contributed by atoms with Crippen molar-refractivity contribution < 1.29 is 14.3 Å². The summed E-state index contributed by atoms with van der Waals surface area (Å²) >= 11 is 0. The van der Waals surface area contributed by atoms with Crippen molar-refractivity contribution in [1.29, 1.82) is 0 Å².